The summed E-state index contributed by atoms with van der Waals surface area (Å²) < 4.78 is 41.7. The summed E-state index contributed by atoms with van der Waals surface area (Å²) in [6.07, 6.45) is 4.55. The molecule has 2 atom stereocenters. The van der Waals surface area contributed by atoms with Gasteiger partial charge in [0.1, 0.15) is 24.8 Å². The van der Waals surface area contributed by atoms with E-state index in [0.717, 1.165) is 12.8 Å². The number of ether oxygens (including phenoxy) is 7. The monoisotopic (exact) mass is 514 g/mol. The Kier molecular flexibility index (Phi) is 9.34. The average molecular weight is 515 g/mol. The normalized spacial score (nSPS) is 32.9. The number of rotatable bonds is 15. The average Bonchev–Trinajstić information content (AvgIpc) is 2.78. The lowest BCUT2D eigenvalue weighted by Gasteiger charge is -2.67. The van der Waals surface area contributed by atoms with Gasteiger partial charge < -0.3 is 33.2 Å². The molecule has 0 aromatic heterocycles. The zero-order chi connectivity index (χ0) is 26.5. The highest BCUT2D eigenvalue weighted by Gasteiger charge is 2.73. The van der Waals surface area contributed by atoms with Gasteiger partial charge in [-0.15, -0.1) is 0 Å². The Morgan fingerprint density at radius 2 is 1.14 bits per heavy atom. The van der Waals surface area contributed by atoms with Gasteiger partial charge in [-0.1, -0.05) is 20.8 Å². The smallest absolute Gasteiger partial charge is 0.458 e. The highest BCUT2D eigenvalue weighted by molar-refractivity contribution is 5.76. The second-order valence-corrected chi connectivity index (χ2v) is 11.5. The van der Waals surface area contributed by atoms with Gasteiger partial charge in [0.2, 0.25) is 0 Å². The van der Waals surface area contributed by atoms with Crippen molar-refractivity contribution in [2.45, 2.75) is 122 Å². The minimum Gasteiger partial charge on any atom is -0.458 e. The first-order valence-electron chi connectivity index (χ1n) is 13.5. The SMILES string of the molecule is CCCOCOC12CC3(OCOCCC)CC(OC(=O)OCC)(C1)CC(OC(=O)C(C)(C)CC)(C2)C3. The second kappa shape index (κ2) is 11.5. The molecule has 0 aromatic carbocycles. The van der Waals surface area contributed by atoms with Crippen LogP contribution in [0.4, 0.5) is 4.79 Å². The molecule has 4 saturated carbocycles. The fourth-order valence-corrected chi connectivity index (χ4v) is 6.34. The van der Waals surface area contributed by atoms with E-state index < -0.39 is 34.0 Å². The number of carbonyl (C=O) groups excluding carboxylic acids is 2. The minimum absolute atomic E-state index is 0.107. The summed E-state index contributed by atoms with van der Waals surface area (Å²) in [5.41, 5.74) is -3.98. The Labute approximate surface area is 215 Å². The van der Waals surface area contributed by atoms with Gasteiger partial charge in [-0.25, -0.2) is 4.79 Å². The van der Waals surface area contributed by atoms with E-state index in [1.165, 1.54) is 0 Å². The molecule has 2 unspecified atom stereocenters. The van der Waals surface area contributed by atoms with Gasteiger partial charge in [0.15, 0.2) is 0 Å². The maximum absolute atomic E-state index is 13.3. The zero-order valence-corrected chi connectivity index (χ0v) is 23.1. The Hall–Kier alpha value is -1.42. The van der Waals surface area contributed by atoms with Crippen LogP contribution in [0.5, 0.6) is 0 Å². The van der Waals surface area contributed by atoms with Crippen LogP contribution >= 0.6 is 0 Å². The molecule has 0 aliphatic heterocycles. The van der Waals surface area contributed by atoms with Gasteiger partial charge in [-0.05, 0) is 40.0 Å². The van der Waals surface area contributed by atoms with E-state index in [-0.39, 0.29) is 26.2 Å². The van der Waals surface area contributed by atoms with Gasteiger partial charge >= 0.3 is 12.1 Å². The molecule has 0 N–H and O–H groups in total. The topological polar surface area (TPSA) is 98.8 Å². The fraction of sp³-hybridized carbons (Fsp3) is 0.926. The molecule has 36 heavy (non-hydrogen) atoms. The maximum atomic E-state index is 13.3. The first-order chi connectivity index (χ1) is 17.0. The van der Waals surface area contributed by atoms with Gasteiger partial charge in [0.05, 0.1) is 23.2 Å². The van der Waals surface area contributed by atoms with Crippen molar-refractivity contribution < 1.29 is 42.7 Å². The molecule has 208 valence electrons. The van der Waals surface area contributed by atoms with Crippen LogP contribution in [0.25, 0.3) is 0 Å². The lowest BCUT2D eigenvalue weighted by atomic mass is 9.48. The molecular weight excluding hydrogens is 468 g/mol. The summed E-state index contributed by atoms with van der Waals surface area (Å²) in [6.45, 7) is 13.1. The van der Waals surface area contributed by atoms with Crippen molar-refractivity contribution in [2.24, 2.45) is 5.41 Å². The minimum atomic E-state index is -0.951. The molecule has 0 aromatic rings. The van der Waals surface area contributed by atoms with Crippen molar-refractivity contribution in [3.8, 4) is 0 Å². The number of hydrogen-bond donors (Lipinski definition) is 0. The third-order valence-corrected chi connectivity index (χ3v) is 7.77. The third kappa shape index (κ3) is 6.52. The van der Waals surface area contributed by atoms with Crippen molar-refractivity contribution >= 4 is 12.1 Å². The van der Waals surface area contributed by atoms with E-state index >= 15 is 0 Å². The van der Waals surface area contributed by atoms with Crippen LogP contribution in [-0.2, 0) is 38.0 Å². The molecule has 0 radical (unpaired) electrons. The van der Waals surface area contributed by atoms with Crippen LogP contribution in [0.15, 0.2) is 0 Å². The van der Waals surface area contributed by atoms with E-state index in [4.69, 9.17) is 33.2 Å². The molecule has 0 saturated heterocycles. The van der Waals surface area contributed by atoms with Crippen LogP contribution in [0.3, 0.4) is 0 Å². The van der Waals surface area contributed by atoms with Crippen molar-refractivity contribution in [1.29, 1.82) is 0 Å². The standard InChI is InChI=1S/C27H46O9/c1-7-11-30-19-33-24-13-25(34-20-31-12-8-2)15-26(14-24,35-21(28)23(5,6)9-3)18-27(16-24,17-25)36-22(29)32-10-4/h7-20H2,1-6H3. The molecule has 0 amide bonds. The summed E-state index contributed by atoms with van der Waals surface area (Å²) in [6, 6.07) is 0. The molecule has 4 aliphatic rings. The molecule has 4 bridgehead atoms. The van der Waals surface area contributed by atoms with E-state index in [0.29, 0.717) is 58.2 Å². The molecule has 0 heterocycles. The molecule has 4 fully saturated rings. The molecule has 4 rings (SSSR count). The van der Waals surface area contributed by atoms with E-state index in [2.05, 4.69) is 0 Å². The predicted octanol–water partition coefficient (Wildman–Crippen LogP) is 5.28. The summed E-state index contributed by atoms with van der Waals surface area (Å²) >= 11 is 0. The molecule has 0 spiro atoms. The number of esters is 1. The van der Waals surface area contributed by atoms with Crippen molar-refractivity contribution in [2.75, 3.05) is 33.4 Å². The van der Waals surface area contributed by atoms with Crippen LogP contribution in [0.1, 0.15) is 99.3 Å². The van der Waals surface area contributed by atoms with Gasteiger partial charge in [-0.3, -0.25) is 4.79 Å². The quantitative estimate of drug-likeness (QED) is 0.164. The van der Waals surface area contributed by atoms with Gasteiger partial charge in [0.25, 0.3) is 0 Å². The highest BCUT2D eigenvalue weighted by Crippen LogP contribution is 2.65. The van der Waals surface area contributed by atoms with E-state index in [1.807, 2.05) is 34.6 Å². The first kappa shape index (κ1) is 29.1. The largest absolute Gasteiger partial charge is 0.508 e. The van der Waals surface area contributed by atoms with Crippen molar-refractivity contribution in [1.82, 2.24) is 0 Å². The lowest BCUT2D eigenvalue weighted by Crippen LogP contribution is -2.74. The van der Waals surface area contributed by atoms with Gasteiger partial charge in [0, 0.05) is 51.7 Å². The summed E-state index contributed by atoms with van der Waals surface area (Å²) in [4.78, 5) is 25.9. The Balaban J connectivity index is 1.97. The lowest BCUT2D eigenvalue weighted by molar-refractivity contribution is -0.339. The molecule has 9 heteroatoms. The Bertz CT molecular complexity index is 736. The third-order valence-electron chi connectivity index (χ3n) is 7.77. The Morgan fingerprint density at radius 1 is 0.694 bits per heavy atom. The van der Waals surface area contributed by atoms with Crippen LogP contribution in [-0.4, -0.2) is 67.9 Å². The second-order valence-electron chi connectivity index (χ2n) is 11.5. The highest BCUT2D eigenvalue weighted by atomic mass is 16.7. The first-order valence-corrected chi connectivity index (χ1v) is 13.5. The summed E-state index contributed by atoms with van der Waals surface area (Å²) in [5.74, 6) is -0.270. The predicted molar refractivity (Wildman–Crippen MR) is 131 cm³/mol. The Morgan fingerprint density at radius 3 is 1.58 bits per heavy atom. The van der Waals surface area contributed by atoms with E-state index in [1.54, 1.807) is 6.92 Å². The van der Waals surface area contributed by atoms with Crippen LogP contribution < -0.4 is 0 Å². The fourth-order valence-electron chi connectivity index (χ4n) is 6.34. The molecular formula is C27H46O9. The van der Waals surface area contributed by atoms with Gasteiger partial charge in [-0.2, -0.15) is 0 Å². The molecule has 4 aliphatic carbocycles. The number of carbonyl (C=O) groups is 2. The number of hydrogen-bond acceptors (Lipinski definition) is 9. The van der Waals surface area contributed by atoms with Crippen LogP contribution in [0.2, 0.25) is 0 Å². The summed E-state index contributed by atoms with van der Waals surface area (Å²) in [7, 11) is 0. The van der Waals surface area contributed by atoms with Crippen molar-refractivity contribution in [3.05, 3.63) is 0 Å². The molecule has 9 nitrogen and oxygen atoms in total. The summed E-state index contributed by atoms with van der Waals surface area (Å²) in [5, 5.41) is 0. The zero-order valence-electron chi connectivity index (χ0n) is 23.1. The van der Waals surface area contributed by atoms with E-state index in [9.17, 15) is 9.59 Å². The van der Waals surface area contributed by atoms with Crippen molar-refractivity contribution in [3.63, 3.8) is 0 Å². The maximum Gasteiger partial charge on any atom is 0.508 e. The van der Waals surface area contributed by atoms with Crippen LogP contribution in [0, 0.1) is 5.41 Å².